The number of alkyl halides is 1. The van der Waals surface area contributed by atoms with E-state index in [1.54, 1.807) is 12.1 Å². The van der Waals surface area contributed by atoms with Crippen LogP contribution in [0.25, 0.3) is 0 Å². The molecule has 1 saturated carbocycles. The average Bonchev–Trinajstić information content (AvgIpc) is 2.79. The first-order chi connectivity index (χ1) is 15.2. The zero-order valence-electron chi connectivity index (χ0n) is 17.7. The van der Waals surface area contributed by atoms with E-state index in [4.69, 9.17) is 0 Å². The zero-order chi connectivity index (χ0) is 23.3. The third kappa shape index (κ3) is 6.24. The number of rotatable bonds is 8. The van der Waals surface area contributed by atoms with Crippen LogP contribution >= 0.6 is 15.9 Å². The summed E-state index contributed by atoms with van der Waals surface area (Å²) < 4.78 is 41.2. The fourth-order valence-electron chi connectivity index (χ4n) is 3.82. The van der Waals surface area contributed by atoms with Crippen LogP contribution in [0.2, 0.25) is 0 Å². The first kappa shape index (κ1) is 24.5. The highest BCUT2D eigenvalue weighted by molar-refractivity contribution is 9.09. The summed E-state index contributed by atoms with van der Waals surface area (Å²) in [5.74, 6) is -0.702. The minimum Gasteiger partial charge on any atom is -0.349 e. The molecule has 0 heterocycles. The quantitative estimate of drug-likeness (QED) is 0.401. The number of carbonyl (C=O) groups excluding carboxylic acids is 2. The standard InChI is InChI=1S/C23H26BrFN2O4S/c1-15(16-2-8-19(25)9-3-16)26-23(29)18-4-10-20(11-5-18)27-32(30,31)21-12-6-17(7-13-21)22(28)14-24/h2-3,6-9,12-13,15,18,20,27H,4-5,10-11,14H2,1H3,(H,26,29)/t15-,18?,20?/m1/s1. The van der Waals surface area contributed by atoms with Crippen LogP contribution in [0.4, 0.5) is 4.39 Å². The Labute approximate surface area is 196 Å². The molecule has 172 valence electrons. The third-order valence-electron chi connectivity index (χ3n) is 5.76. The van der Waals surface area contributed by atoms with E-state index in [-0.39, 0.29) is 45.7 Å². The molecule has 1 amide bonds. The van der Waals surface area contributed by atoms with E-state index >= 15 is 0 Å². The van der Waals surface area contributed by atoms with Crippen molar-refractivity contribution in [3.63, 3.8) is 0 Å². The minimum absolute atomic E-state index is 0.0739. The fourth-order valence-corrected chi connectivity index (χ4v) is 5.45. The molecule has 1 fully saturated rings. The Hall–Kier alpha value is -2.10. The summed E-state index contributed by atoms with van der Waals surface area (Å²) in [7, 11) is -3.71. The van der Waals surface area contributed by atoms with E-state index in [1.165, 1.54) is 36.4 Å². The van der Waals surface area contributed by atoms with E-state index < -0.39 is 10.0 Å². The molecular weight excluding hydrogens is 499 g/mol. The van der Waals surface area contributed by atoms with Crippen LogP contribution in [0.15, 0.2) is 53.4 Å². The highest BCUT2D eigenvalue weighted by Gasteiger charge is 2.29. The van der Waals surface area contributed by atoms with Crippen molar-refractivity contribution in [2.75, 3.05) is 5.33 Å². The lowest BCUT2D eigenvalue weighted by Gasteiger charge is -2.29. The number of hydrogen-bond donors (Lipinski definition) is 2. The number of nitrogens with one attached hydrogen (secondary N) is 2. The number of halogens is 2. The molecule has 1 aliphatic rings. The van der Waals surface area contributed by atoms with Crippen LogP contribution in [0.3, 0.4) is 0 Å². The topological polar surface area (TPSA) is 92.3 Å². The van der Waals surface area contributed by atoms with Crippen molar-refractivity contribution in [2.24, 2.45) is 5.92 Å². The van der Waals surface area contributed by atoms with Crippen LogP contribution < -0.4 is 10.0 Å². The summed E-state index contributed by atoms with van der Waals surface area (Å²) in [6.45, 7) is 1.85. The summed E-state index contributed by atoms with van der Waals surface area (Å²) >= 11 is 3.10. The molecule has 6 nitrogen and oxygen atoms in total. The normalized spacial score (nSPS) is 19.8. The summed E-state index contributed by atoms with van der Waals surface area (Å²) in [5.41, 5.74) is 1.27. The maximum Gasteiger partial charge on any atom is 0.240 e. The van der Waals surface area contributed by atoms with Gasteiger partial charge in [-0.05, 0) is 62.4 Å². The molecule has 0 aliphatic heterocycles. The van der Waals surface area contributed by atoms with Gasteiger partial charge in [0.1, 0.15) is 5.82 Å². The molecule has 0 radical (unpaired) electrons. The zero-order valence-corrected chi connectivity index (χ0v) is 20.1. The van der Waals surface area contributed by atoms with Crippen LogP contribution in [-0.4, -0.2) is 31.5 Å². The molecule has 3 rings (SSSR count). The summed E-state index contributed by atoms with van der Waals surface area (Å²) in [5, 5.41) is 3.14. The van der Waals surface area contributed by atoms with Gasteiger partial charge in [0.15, 0.2) is 5.78 Å². The molecule has 0 aromatic heterocycles. The van der Waals surface area contributed by atoms with Crippen molar-refractivity contribution in [1.29, 1.82) is 0 Å². The molecule has 0 spiro atoms. The first-order valence-corrected chi connectivity index (χ1v) is 13.1. The van der Waals surface area contributed by atoms with E-state index in [9.17, 15) is 22.4 Å². The minimum atomic E-state index is -3.71. The summed E-state index contributed by atoms with van der Waals surface area (Å²) in [6.07, 6.45) is 2.27. The van der Waals surface area contributed by atoms with Crippen LogP contribution in [-0.2, 0) is 14.8 Å². The van der Waals surface area contributed by atoms with Gasteiger partial charge in [0.25, 0.3) is 0 Å². The largest absolute Gasteiger partial charge is 0.349 e. The third-order valence-corrected chi connectivity index (χ3v) is 7.80. The number of hydrogen-bond acceptors (Lipinski definition) is 4. The second kappa shape index (κ2) is 10.7. The average molecular weight is 525 g/mol. The van der Waals surface area contributed by atoms with Gasteiger partial charge in [-0.25, -0.2) is 17.5 Å². The molecule has 32 heavy (non-hydrogen) atoms. The van der Waals surface area contributed by atoms with E-state index in [2.05, 4.69) is 26.0 Å². The molecule has 0 unspecified atom stereocenters. The molecular formula is C23H26BrFN2O4S. The number of carbonyl (C=O) groups is 2. The van der Waals surface area contributed by atoms with E-state index in [0.29, 0.717) is 31.2 Å². The Balaban J connectivity index is 1.52. The molecule has 2 aromatic rings. The van der Waals surface area contributed by atoms with Crippen molar-refractivity contribution in [1.82, 2.24) is 10.0 Å². The van der Waals surface area contributed by atoms with Crippen molar-refractivity contribution in [3.8, 4) is 0 Å². The summed E-state index contributed by atoms with van der Waals surface area (Å²) in [6, 6.07) is 11.4. The van der Waals surface area contributed by atoms with Gasteiger partial charge in [-0.15, -0.1) is 0 Å². The Bertz CT molecular complexity index is 1050. The SMILES string of the molecule is C[C@@H](NC(=O)C1CCC(NS(=O)(=O)c2ccc(C(=O)CBr)cc2)CC1)c1ccc(F)cc1. The number of Topliss-reactive ketones (excluding diaryl/α,β-unsaturated/α-hetero) is 1. The Morgan fingerprint density at radius 2 is 1.62 bits per heavy atom. The van der Waals surface area contributed by atoms with Crippen molar-refractivity contribution in [3.05, 3.63) is 65.5 Å². The van der Waals surface area contributed by atoms with Crippen molar-refractivity contribution >= 4 is 37.6 Å². The number of sulfonamides is 1. The lowest BCUT2D eigenvalue weighted by molar-refractivity contribution is -0.126. The highest BCUT2D eigenvalue weighted by Crippen LogP contribution is 2.27. The lowest BCUT2D eigenvalue weighted by Crippen LogP contribution is -2.41. The maximum absolute atomic E-state index is 13.1. The molecule has 0 saturated heterocycles. The Morgan fingerprint density at radius 3 is 2.19 bits per heavy atom. The van der Waals surface area contributed by atoms with Gasteiger partial charge in [-0.1, -0.05) is 40.2 Å². The molecule has 1 atom stereocenters. The highest BCUT2D eigenvalue weighted by atomic mass is 79.9. The maximum atomic E-state index is 13.1. The molecule has 9 heteroatoms. The van der Waals surface area contributed by atoms with Crippen LogP contribution in [0, 0.1) is 11.7 Å². The smallest absolute Gasteiger partial charge is 0.240 e. The van der Waals surface area contributed by atoms with Gasteiger partial charge in [0.05, 0.1) is 16.3 Å². The van der Waals surface area contributed by atoms with E-state index in [0.717, 1.165) is 5.56 Å². The van der Waals surface area contributed by atoms with Gasteiger partial charge < -0.3 is 5.32 Å². The van der Waals surface area contributed by atoms with Gasteiger partial charge >= 0.3 is 0 Å². The van der Waals surface area contributed by atoms with Crippen LogP contribution in [0.1, 0.15) is 54.6 Å². The van der Waals surface area contributed by atoms with Gasteiger partial charge in [0, 0.05) is 17.5 Å². The Kier molecular flexibility index (Phi) is 8.19. The first-order valence-electron chi connectivity index (χ1n) is 10.5. The Morgan fingerprint density at radius 1 is 1.03 bits per heavy atom. The second-order valence-corrected chi connectivity index (χ2v) is 10.3. The lowest BCUT2D eigenvalue weighted by atomic mass is 9.85. The van der Waals surface area contributed by atoms with E-state index in [1.807, 2.05) is 6.92 Å². The molecule has 2 N–H and O–H groups in total. The van der Waals surface area contributed by atoms with Gasteiger partial charge in [0.2, 0.25) is 15.9 Å². The van der Waals surface area contributed by atoms with Crippen LogP contribution in [0.5, 0.6) is 0 Å². The number of amides is 1. The van der Waals surface area contributed by atoms with Gasteiger partial charge in [-0.3, -0.25) is 9.59 Å². The molecule has 0 bridgehead atoms. The molecule has 2 aromatic carbocycles. The van der Waals surface area contributed by atoms with Crippen molar-refractivity contribution < 1.29 is 22.4 Å². The number of ketones is 1. The summed E-state index contributed by atoms with van der Waals surface area (Å²) in [4.78, 5) is 24.4. The van der Waals surface area contributed by atoms with Gasteiger partial charge in [-0.2, -0.15) is 0 Å². The predicted octanol–water partition coefficient (Wildman–Crippen LogP) is 4.12. The van der Waals surface area contributed by atoms with Crippen molar-refractivity contribution in [2.45, 2.75) is 49.6 Å². The predicted molar refractivity (Wildman–Crippen MR) is 124 cm³/mol. The second-order valence-electron chi connectivity index (χ2n) is 8.03. The number of benzene rings is 2. The fraction of sp³-hybridized carbons (Fsp3) is 0.391. The monoisotopic (exact) mass is 524 g/mol. The molecule has 1 aliphatic carbocycles.